The van der Waals surface area contributed by atoms with Crippen molar-refractivity contribution in [3.63, 3.8) is 0 Å². The number of hydrogen-bond donors (Lipinski definition) is 1. The number of aromatic nitrogens is 1. The quantitative estimate of drug-likeness (QED) is 0.881. The first-order chi connectivity index (χ1) is 11.2. The first-order valence-electron chi connectivity index (χ1n) is 8.20. The van der Waals surface area contributed by atoms with E-state index in [0.29, 0.717) is 11.6 Å². The Morgan fingerprint density at radius 3 is 2.17 bits per heavy atom. The number of piperazine rings is 1. The minimum Gasteiger partial charge on any atom is -0.387 e. The number of benzene rings is 1. The maximum atomic E-state index is 10.4. The molecular weight excluding hydrogens is 310 g/mol. The lowest BCUT2D eigenvalue weighted by molar-refractivity contribution is 0.0714. The molecule has 1 aromatic heterocycles. The van der Waals surface area contributed by atoms with Crippen molar-refractivity contribution in [1.82, 2.24) is 14.4 Å². The molecule has 2 heterocycles. The van der Waals surface area contributed by atoms with Crippen LogP contribution in [0.4, 0.5) is 0 Å². The Morgan fingerprint density at radius 1 is 0.913 bits per heavy atom. The first kappa shape index (κ1) is 16.5. The van der Waals surface area contributed by atoms with Gasteiger partial charge in [-0.15, -0.1) is 0 Å². The van der Waals surface area contributed by atoms with E-state index in [-0.39, 0.29) is 0 Å². The summed E-state index contributed by atoms with van der Waals surface area (Å²) in [6.07, 6.45) is 3.77. The summed E-state index contributed by atoms with van der Waals surface area (Å²) in [5, 5.41) is 11.1. The van der Waals surface area contributed by atoms with Crippen molar-refractivity contribution in [2.75, 3.05) is 39.3 Å². The predicted octanol–water partition coefficient (Wildman–Crippen LogP) is 2.49. The first-order valence-corrected chi connectivity index (χ1v) is 8.57. The average molecular weight is 334 g/mol. The van der Waals surface area contributed by atoms with Gasteiger partial charge in [-0.1, -0.05) is 23.7 Å². The highest BCUT2D eigenvalue weighted by Gasteiger charge is 2.19. The summed E-state index contributed by atoms with van der Waals surface area (Å²) < 4.78 is 2.22. The number of hydrogen-bond acceptors (Lipinski definition) is 3. The fraction of sp³-hybridized carbons (Fsp3) is 0.444. The highest BCUT2D eigenvalue weighted by Crippen LogP contribution is 2.18. The second-order valence-electron chi connectivity index (χ2n) is 6.13. The number of rotatable bonds is 6. The molecule has 1 aliphatic rings. The van der Waals surface area contributed by atoms with E-state index >= 15 is 0 Å². The molecule has 124 valence electrons. The number of halogens is 1. The summed E-state index contributed by atoms with van der Waals surface area (Å²) in [5.74, 6) is 0. The van der Waals surface area contributed by atoms with E-state index in [1.807, 2.05) is 24.3 Å². The van der Waals surface area contributed by atoms with Gasteiger partial charge in [0.2, 0.25) is 0 Å². The van der Waals surface area contributed by atoms with Crippen LogP contribution in [0.1, 0.15) is 11.7 Å². The van der Waals surface area contributed by atoms with Crippen LogP contribution in [-0.4, -0.2) is 58.7 Å². The molecular formula is C18H24ClN3O. The van der Waals surface area contributed by atoms with Gasteiger partial charge in [0.15, 0.2) is 0 Å². The minimum atomic E-state index is -0.446. The van der Waals surface area contributed by atoms with Gasteiger partial charge in [-0.05, 0) is 29.8 Å². The molecule has 4 nitrogen and oxygen atoms in total. The summed E-state index contributed by atoms with van der Waals surface area (Å²) >= 11 is 5.89. The molecule has 1 unspecified atom stereocenters. The zero-order valence-corrected chi connectivity index (χ0v) is 14.1. The summed E-state index contributed by atoms with van der Waals surface area (Å²) in [6.45, 7) is 6.96. The predicted molar refractivity (Wildman–Crippen MR) is 93.7 cm³/mol. The molecule has 23 heavy (non-hydrogen) atoms. The van der Waals surface area contributed by atoms with E-state index in [9.17, 15) is 5.11 Å². The van der Waals surface area contributed by atoms with E-state index in [1.165, 1.54) is 0 Å². The highest BCUT2D eigenvalue weighted by molar-refractivity contribution is 6.30. The zero-order valence-electron chi connectivity index (χ0n) is 13.3. The van der Waals surface area contributed by atoms with Gasteiger partial charge in [0.1, 0.15) is 0 Å². The molecule has 1 N–H and O–H groups in total. The lowest BCUT2D eigenvalue weighted by Gasteiger charge is -2.35. The van der Waals surface area contributed by atoms with E-state index in [4.69, 9.17) is 11.6 Å². The van der Waals surface area contributed by atoms with Crippen LogP contribution in [0.3, 0.4) is 0 Å². The number of aliphatic hydroxyl groups excluding tert-OH is 1. The largest absolute Gasteiger partial charge is 0.387 e. The molecule has 5 heteroatoms. The van der Waals surface area contributed by atoms with Crippen molar-refractivity contribution in [2.24, 2.45) is 0 Å². The number of aliphatic hydroxyl groups is 1. The van der Waals surface area contributed by atoms with Crippen LogP contribution in [-0.2, 0) is 6.54 Å². The molecule has 0 radical (unpaired) electrons. The molecule has 0 saturated carbocycles. The van der Waals surface area contributed by atoms with Crippen molar-refractivity contribution < 1.29 is 5.11 Å². The molecule has 1 aromatic carbocycles. The van der Waals surface area contributed by atoms with E-state index in [1.54, 1.807) is 0 Å². The van der Waals surface area contributed by atoms with Crippen LogP contribution in [0.15, 0.2) is 48.8 Å². The maximum absolute atomic E-state index is 10.4. The van der Waals surface area contributed by atoms with Gasteiger partial charge in [-0.3, -0.25) is 9.80 Å². The third-order valence-corrected chi connectivity index (χ3v) is 4.74. The van der Waals surface area contributed by atoms with E-state index in [0.717, 1.165) is 44.8 Å². The van der Waals surface area contributed by atoms with E-state index in [2.05, 4.69) is 38.9 Å². The van der Waals surface area contributed by atoms with Crippen LogP contribution < -0.4 is 0 Å². The van der Waals surface area contributed by atoms with Crippen LogP contribution in [0.25, 0.3) is 0 Å². The summed E-state index contributed by atoms with van der Waals surface area (Å²) in [7, 11) is 0. The van der Waals surface area contributed by atoms with Crippen molar-refractivity contribution >= 4 is 11.6 Å². The van der Waals surface area contributed by atoms with Crippen LogP contribution >= 0.6 is 11.6 Å². The molecule has 0 spiro atoms. The number of β-amino-alcohol motifs (C(OH)–C–C–N with tert-alkyl or cyclic N) is 1. The standard InChI is InChI=1S/C18H24ClN3O/c19-17-5-3-16(4-6-17)18(23)15-22-13-11-21(12-14-22)10-9-20-7-1-2-8-20/h1-8,18,23H,9-15H2. The monoisotopic (exact) mass is 333 g/mol. The highest BCUT2D eigenvalue weighted by atomic mass is 35.5. The fourth-order valence-corrected chi connectivity index (χ4v) is 3.13. The van der Waals surface area contributed by atoms with Crippen molar-refractivity contribution in [3.05, 3.63) is 59.4 Å². The molecule has 0 bridgehead atoms. The summed E-state index contributed by atoms with van der Waals surface area (Å²) in [5.41, 5.74) is 0.935. The maximum Gasteiger partial charge on any atom is 0.0916 e. The van der Waals surface area contributed by atoms with Crippen molar-refractivity contribution in [1.29, 1.82) is 0 Å². The third kappa shape index (κ3) is 4.82. The topological polar surface area (TPSA) is 31.6 Å². The van der Waals surface area contributed by atoms with E-state index < -0.39 is 6.10 Å². The normalized spacial score (nSPS) is 18.2. The second-order valence-corrected chi connectivity index (χ2v) is 6.57. The molecule has 3 rings (SSSR count). The van der Waals surface area contributed by atoms with Gasteiger partial charge in [0, 0.05) is 63.2 Å². The molecule has 1 aliphatic heterocycles. The lowest BCUT2D eigenvalue weighted by atomic mass is 10.1. The van der Waals surface area contributed by atoms with Crippen LogP contribution in [0, 0.1) is 0 Å². The Morgan fingerprint density at radius 2 is 1.52 bits per heavy atom. The average Bonchev–Trinajstić information content (AvgIpc) is 3.08. The third-order valence-electron chi connectivity index (χ3n) is 4.49. The Bertz CT molecular complexity index is 577. The Labute approximate surface area is 142 Å². The zero-order chi connectivity index (χ0) is 16.1. The molecule has 0 amide bonds. The Hall–Kier alpha value is -1.33. The van der Waals surface area contributed by atoms with Gasteiger partial charge >= 0.3 is 0 Å². The molecule has 2 aromatic rings. The summed E-state index contributed by atoms with van der Waals surface area (Å²) in [4.78, 5) is 4.83. The fourth-order valence-electron chi connectivity index (χ4n) is 3.01. The molecule has 0 aliphatic carbocycles. The Balaban J connectivity index is 1.41. The van der Waals surface area contributed by atoms with Gasteiger partial charge in [-0.2, -0.15) is 0 Å². The van der Waals surface area contributed by atoms with Gasteiger partial charge < -0.3 is 9.67 Å². The summed E-state index contributed by atoms with van der Waals surface area (Å²) in [6, 6.07) is 11.6. The van der Waals surface area contributed by atoms with Crippen LogP contribution in [0.5, 0.6) is 0 Å². The van der Waals surface area contributed by atoms with Gasteiger partial charge in [0.25, 0.3) is 0 Å². The smallest absolute Gasteiger partial charge is 0.0916 e. The molecule has 1 atom stereocenters. The number of nitrogens with zero attached hydrogens (tertiary/aromatic N) is 3. The van der Waals surface area contributed by atoms with Crippen molar-refractivity contribution in [2.45, 2.75) is 12.6 Å². The van der Waals surface area contributed by atoms with Gasteiger partial charge in [-0.25, -0.2) is 0 Å². The molecule has 1 fully saturated rings. The SMILES string of the molecule is OC(CN1CCN(CCn2cccc2)CC1)c1ccc(Cl)cc1. The Kier molecular flexibility index (Phi) is 5.73. The minimum absolute atomic E-state index is 0.446. The van der Waals surface area contributed by atoms with Gasteiger partial charge in [0.05, 0.1) is 6.10 Å². The second kappa shape index (κ2) is 7.97. The van der Waals surface area contributed by atoms with Crippen molar-refractivity contribution in [3.8, 4) is 0 Å². The molecule has 1 saturated heterocycles. The lowest BCUT2D eigenvalue weighted by Crippen LogP contribution is -2.48. The van der Waals surface area contributed by atoms with Crippen LogP contribution in [0.2, 0.25) is 5.02 Å².